The van der Waals surface area contributed by atoms with Gasteiger partial charge in [-0.1, -0.05) is 23.7 Å². The lowest BCUT2D eigenvalue weighted by atomic mass is 10.1. The van der Waals surface area contributed by atoms with Gasteiger partial charge in [-0.2, -0.15) is 0 Å². The van der Waals surface area contributed by atoms with Crippen LogP contribution < -0.4 is 10.6 Å². The molecule has 0 saturated heterocycles. The van der Waals surface area contributed by atoms with Gasteiger partial charge in [-0.05, 0) is 58.1 Å². The third kappa shape index (κ3) is 7.87. The highest BCUT2D eigenvalue weighted by Crippen LogP contribution is 2.16. The number of benzene rings is 1. The SMILES string of the molecule is CN=C(NCCc1ccc(Cl)nc1)NCCc1ccc(F)c(Br)c1.I. The topological polar surface area (TPSA) is 49.3 Å². The monoisotopic (exact) mass is 540 g/mol. The standard InChI is InChI=1S/C17H19BrClFN4.HI/c1-21-17(23-9-7-13-3-5-16(19)24-11-13)22-8-6-12-2-4-15(20)14(18)10-12;/h2-5,10-11H,6-9H2,1H3,(H2,21,22,23);1H. The molecule has 0 radical (unpaired) electrons. The van der Waals surface area contributed by atoms with Crippen LogP contribution in [-0.2, 0) is 12.8 Å². The highest BCUT2D eigenvalue weighted by atomic mass is 127. The number of hydrogen-bond acceptors (Lipinski definition) is 2. The van der Waals surface area contributed by atoms with E-state index in [0.29, 0.717) is 16.2 Å². The fraction of sp³-hybridized carbons (Fsp3) is 0.294. The molecule has 4 nitrogen and oxygen atoms in total. The molecule has 0 atom stereocenters. The summed E-state index contributed by atoms with van der Waals surface area (Å²) in [5.41, 5.74) is 2.16. The van der Waals surface area contributed by atoms with Crippen molar-refractivity contribution in [3.8, 4) is 0 Å². The second-order valence-electron chi connectivity index (χ2n) is 5.16. The minimum Gasteiger partial charge on any atom is -0.356 e. The van der Waals surface area contributed by atoms with Crippen molar-refractivity contribution in [2.24, 2.45) is 4.99 Å². The Hall–Kier alpha value is -0.930. The van der Waals surface area contributed by atoms with Gasteiger partial charge < -0.3 is 10.6 Å². The smallest absolute Gasteiger partial charge is 0.190 e. The van der Waals surface area contributed by atoms with Crippen LogP contribution in [0.25, 0.3) is 0 Å². The lowest BCUT2D eigenvalue weighted by molar-refractivity contribution is 0.620. The average molecular weight is 542 g/mol. The minimum absolute atomic E-state index is 0. The lowest BCUT2D eigenvalue weighted by Gasteiger charge is -2.12. The zero-order valence-corrected chi connectivity index (χ0v) is 18.4. The molecule has 0 aliphatic heterocycles. The largest absolute Gasteiger partial charge is 0.356 e. The predicted octanol–water partition coefficient (Wildman–Crippen LogP) is 4.20. The first kappa shape index (κ1) is 22.1. The van der Waals surface area contributed by atoms with E-state index in [4.69, 9.17) is 11.6 Å². The summed E-state index contributed by atoms with van der Waals surface area (Å²) in [6.45, 7) is 1.45. The maximum absolute atomic E-state index is 13.2. The van der Waals surface area contributed by atoms with Crippen molar-refractivity contribution in [1.29, 1.82) is 0 Å². The summed E-state index contributed by atoms with van der Waals surface area (Å²) in [6, 6.07) is 8.78. The van der Waals surface area contributed by atoms with Gasteiger partial charge in [0.2, 0.25) is 0 Å². The molecular weight excluding hydrogens is 521 g/mol. The van der Waals surface area contributed by atoms with E-state index in [9.17, 15) is 4.39 Å². The zero-order chi connectivity index (χ0) is 17.4. The number of guanidine groups is 1. The summed E-state index contributed by atoms with van der Waals surface area (Å²) in [5, 5.41) is 6.99. The van der Waals surface area contributed by atoms with Gasteiger partial charge in [0, 0.05) is 26.3 Å². The summed E-state index contributed by atoms with van der Waals surface area (Å²) in [7, 11) is 1.73. The Kier molecular flexibility index (Phi) is 10.3. The van der Waals surface area contributed by atoms with E-state index in [1.165, 1.54) is 6.07 Å². The van der Waals surface area contributed by atoms with E-state index in [0.717, 1.165) is 36.5 Å². The van der Waals surface area contributed by atoms with Gasteiger partial charge >= 0.3 is 0 Å². The van der Waals surface area contributed by atoms with Crippen LogP contribution in [0.5, 0.6) is 0 Å². The number of nitrogens with zero attached hydrogens (tertiary/aromatic N) is 2. The van der Waals surface area contributed by atoms with Crippen LogP contribution in [0.1, 0.15) is 11.1 Å². The molecule has 0 fully saturated rings. The van der Waals surface area contributed by atoms with Gasteiger partial charge in [-0.3, -0.25) is 4.99 Å². The molecule has 0 aliphatic rings. The van der Waals surface area contributed by atoms with Crippen molar-refractivity contribution in [1.82, 2.24) is 15.6 Å². The van der Waals surface area contributed by atoms with E-state index < -0.39 is 0 Å². The second kappa shape index (κ2) is 11.6. The van der Waals surface area contributed by atoms with Gasteiger partial charge in [-0.15, -0.1) is 24.0 Å². The van der Waals surface area contributed by atoms with Crippen LogP contribution in [0.3, 0.4) is 0 Å². The Labute approximate surface area is 177 Å². The maximum Gasteiger partial charge on any atom is 0.190 e. The molecule has 25 heavy (non-hydrogen) atoms. The van der Waals surface area contributed by atoms with Gasteiger partial charge in [0.25, 0.3) is 0 Å². The van der Waals surface area contributed by atoms with Crippen LogP contribution in [0.2, 0.25) is 5.15 Å². The van der Waals surface area contributed by atoms with E-state index in [1.807, 2.05) is 6.07 Å². The second-order valence-corrected chi connectivity index (χ2v) is 6.40. The summed E-state index contributed by atoms with van der Waals surface area (Å²) in [6.07, 6.45) is 3.38. The molecule has 0 saturated carbocycles. The lowest BCUT2D eigenvalue weighted by Crippen LogP contribution is -2.39. The van der Waals surface area contributed by atoms with Crippen LogP contribution in [0.15, 0.2) is 46.0 Å². The predicted molar refractivity (Wildman–Crippen MR) is 116 cm³/mol. The van der Waals surface area contributed by atoms with E-state index in [1.54, 1.807) is 31.4 Å². The molecule has 1 aromatic carbocycles. The first-order chi connectivity index (χ1) is 11.6. The third-order valence-electron chi connectivity index (χ3n) is 3.41. The molecule has 1 heterocycles. The van der Waals surface area contributed by atoms with E-state index in [2.05, 4.69) is 36.5 Å². The molecule has 0 unspecified atom stereocenters. The molecule has 0 bridgehead atoms. The molecule has 0 amide bonds. The first-order valence-corrected chi connectivity index (χ1v) is 8.74. The van der Waals surface area contributed by atoms with E-state index in [-0.39, 0.29) is 29.8 Å². The Morgan fingerprint density at radius 1 is 1.16 bits per heavy atom. The molecule has 0 aliphatic carbocycles. The van der Waals surface area contributed by atoms with Crippen LogP contribution >= 0.6 is 51.5 Å². The van der Waals surface area contributed by atoms with Crippen molar-refractivity contribution >= 4 is 57.5 Å². The summed E-state index contributed by atoms with van der Waals surface area (Å²) in [5.74, 6) is 0.485. The van der Waals surface area contributed by atoms with Crippen LogP contribution in [-0.4, -0.2) is 31.1 Å². The van der Waals surface area contributed by atoms with Gasteiger partial charge in [-0.25, -0.2) is 9.37 Å². The Morgan fingerprint density at radius 3 is 2.36 bits per heavy atom. The number of hydrogen-bond donors (Lipinski definition) is 2. The molecule has 0 spiro atoms. The molecule has 1 aromatic heterocycles. The first-order valence-electron chi connectivity index (χ1n) is 7.57. The summed E-state index contributed by atoms with van der Waals surface area (Å²) in [4.78, 5) is 8.24. The van der Waals surface area contributed by atoms with Crippen LogP contribution in [0, 0.1) is 5.82 Å². The van der Waals surface area contributed by atoms with Crippen molar-refractivity contribution < 1.29 is 4.39 Å². The summed E-state index contributed by atoms with van der Waals surface area (Å²) >= 11 is 8.96. The number of aliphatic imine (C=N–C) groups is 1. The van der Waals surface area contributed by atoms with Gasteiger partial charge in [0.1, 0.15) is 11.0 Å². The van der Waals surface area contributed by atoms with Crippen LogP contribution in [0.4, 0.5) is 4.39 Å². The summed E-state index contributed by atoms with van der Waals surface area (Å²) < 4.78 is 13.7. The fourth-order valence-electron chi connectivity index (χ4n) is 2.12. The molecule has 136 valence electrons. The van der Waals surface area contributed by atoms with E-state index >= 15 is 0 Å². The maximum atomic E-state index is 13.2. The quantitative estimate of drug-likeness (QED) is 0.250. The zero-order valence-electron chi connectivity index (χ0n) is 13.7. The number of aromatic nitrogens is 1. The highest BCUT2D eigenvalue weighted by molar-refractivity contribution is 14.0. The minimum atomic E-state index is -0.249. The molecule has 2 rings (SSSR count). The molecule has 2 N–H and O–H groups in total. The number of nitrogens with one attached hydrogen (secondary N) is 2. The molecule has 2 aromatic rings. The number of halogens is 4. The fourth-order valence-corrected chi connectivity index (χ4v) is 2.66. The van der Waals surface area contributed by atoms with Crippen molar-refractivity contribution in [2.45, 2.75) is 12.8 Å². The normalized spacial score (nSPS) is 11.0. The number of pyridine rings is 1. The number of rotatable bonds is 6. The average Bonchev–Trinajstić information content (AvgIpc) is 2.58. The Morgan fingerprint density at radius 2 is 1.80 bits per heavy atom. The van der Waals surface area contributed by atoms with Gasteiger partial charge in [0.05, 0.1) is 4.47 Å². The highest BCUT2D eigenvalue weighted by Gasteiger charge is 2.02. The Balaban J connectivity index is 0.00000312. The molecule has 8 heteroatoms. The Bertz CT molecular complexity index is 698. The van der Waals surface area contributed by atoms with Crippen molar-refractivity contribution in [3.63, 3.8) is 0 Å². The van der Waals surface area contributed by atoms with Crippen molar-refractivity contribution in [3.05, 3.63) is 63.1 Å². The third-order valence-corrected chi connectivity index (χ3v) is 4.24. The van der Waals surface area contributed by atoms with Gasteiger partial charge in [0.15, 0.2) is 5.96 Å². The van der Waals surface area contributed by atoms with Crippen molar-refractivity contribution in [2.75, 3.05) is 20.1 Å². The molecular formula is C17H20BrClFIN4.